The normalized spacial score (nSPS) is 18.9. The minimum atomic E-state index is -1.13. The Morgan fingerprint density at radius 1 is 1.09 bits per heavy atom. The summed E-state index contributed by atoms with van der Waals surface area (Å²) in [6, 6.07) is 10.9. The second-order valence-corrected chi connectivity index (χ2v) is 12.4. The van der Waals surface area contributed by atoms with E-state index in [1.807, 2.05) is 64.1 Å². The number of nitrogens with zero attached hydrogens (tertiary/aromatic N) is 3. The highest BCUT2D eigenvalue weighted by atomic mass is 35.5. The maximum Gasteiger partial charge on any atom is 0.496 e. The van der Waals surface area contributed by atoms with E-state index in [1.165, 1.54) is 18.2 Å². The molecule has 226 valence electrons. The molecule has 0 aliphatic carbocycles. The van der Waals surface area contributed by atoms with Crippen LogP contribution in [0.5, 0.6) is 5.88 Å². The number of hydrogen-bond acceptors (Lipinski definition) is 7. The zero-order valence-corrected chi connectivity index (χ0v) is 26.1. The third-order valence-electron chi connectivity index (χ3n) is 8.24. The van der Waals surface area contributed by atoms with Gasteiger partial charge in [0.25, 0.3) is 0 Å². The summed E-state index contributed by atoms with van der Waals surface area (Å²) in [6.07, 6.45) is 1.35. The Bertz CT molecular complexity index is 1550. The number of benzene rings is 2. The lowest BCUT2D eigenvalue weighted by atomic mass is 9.77. The summed E-state index contributed by atoms with van der Waals surface area (Å²) in [5, 5.41) is 13.4. The minimum Gasteiger partial charge on any atom is -0.480 e. The van der Waals surface area contributed by atoms with Crippen molar-refractivity contribution in [1.29, 1.82) is 0 Å². The zero-order valence-electron chi connectivity index (χ0n) is 24.6. The molecule has 0 spiro atoms. The minimum absolute atomic E-state index is 0.0623. The van der Waals surface area contributed by atoms with Gasteiger partial charge in [-0.15, -0.1) is 0 Å². The monoisotopic (exact) mass is 626 g/mol. The van der Waals surface area contributed by atoms with Crippen LogP contribution in [-0.2, 0) is 20.6 Å². The number of hydrogen-bond donors (Lipinski definition) is 2. The van der Waals surface area contributed by atoms with Crippen molar-refractivity contribution < 1.29 is 28.7 Å². The summed E-state index contributed by atoms with van der Waals surface area (Å²) < 4.78 is 18.0. The van der Waals surface area contributed by atoms with Crippen molar-refractivity contribution in [1.82, 2.24) is 20.2 Å². The number of halogens is 2. The van der Waals surface area contributed by atoms with Crippen molar-refractivity contribution in [3.8, 4) is 28.3 Å². The summed E-state index contributed by atoms with van der Waals surface area (Å²) in [6.45, 7) is 8.01. The first kappa shape index (κ1) is 31.1. The van der Waals surface area contributed by atoms with Crippen molar-refractivity contribution in [2.45, 2.75) is 64.3 Å². The standard InChI is InChI=1S/C30H33BCl2N4O6/c1-29(2)30(3,4)43-31(42-29)21-11-7-9-19(26(21)33)18-8-6-10-20(25(18)32)22-14-34-23(27(36-22)41-5)16-37(28(39)40)15-17-12-13-24(38)35-17/h6-11,14,17H,12-13,15-16H2,1-5H3,(H,35,38)(H,39,40). The van der Waals surface area contributed by atoms with Crippen LogP contribution < -0.4 is 15.5 Å². The molecule has 2 saturated heterocycles. The molecule has 2 aliphatic rings. The zero-order chi connectivity index (χ0) is 31.1. The molecule has 0 bridgehead atoms. The van der Waals surface area contributed by atoms with Crippen LogP contribution in [0.25, 0.3) is 22.4 Å². The molecule has 1 unspecified atom stereocenters. The molecule has 0 radical (unpaired) electrons. The Kier molecular flexibility index (Phi) is 8.64. The molecule has 1 aromatic heterocycles. The molecule has 2 N–H and O–H groups in total. The predicted molar refractivity (Wildman–Crippen MR) is 165 cm³/mol. The van der Waals surface area contributed by atoms with Gasteiger partial charge in [0.1, 0.15) is 5.69 Å². The molecule has 13 heteroatoms. The Morgan fingerprint density at radius 2 is 1.72 bits per heavy atom. The number of carbonyl (C=O) groups is 2. The molecule has 1 atom stereocenters. The van der Waals surface area contributed by atoms with Gasteiger partial charge in [-0.05, 0) is 34.1 Å². The second kappa shape index (κ2) is 12.0. The van der Waals surface area contributed by atoms with Crippen LogP contribution in [0.1, 0.15) is 46.2 Å². The fourth-order valence-electron chi connectivity index (χ4n) is 5.12. The van der Waals surface area contributed by atoms with E-state index in [0.717, 1.165) is 0 Å². The highest BCUT2D eigenvalue weighted by Crippen LogP contribution is 2.41. The predicted octanol–water partition coefficient (Wildman–Crippen LogP) is 5.18. The number of carbonyl (C=O) groups excluding carboxylic acids is 1. The third kappa shape index (κ3) is 6.17. The van der Waals surface area contributed by atoms with Gasteiger partial charge >= 0.3 is 13.2 Å². The van der Waals surface area contributed by atoms with Gasteiger partial charge in [-0.25, -0.2) is 9.78 Å². The highest BCUT2D eigenvalue weighted by Gasteiger charge is 2.52. The molecular weight excluding hydrogens is 594 g/mol. The van der Waals surface area contributed by atoms with E-state index in [1.54, 1.807) is 0 Å². The van der Waals surface area contributed by atoms with Crippen molar-refractivity contribution in [2.24, 2.45) is 0 Å². The molecule has 3 aromatic rings. The van der Waals surface area contributed by atoms with Crippen LogP contribution in [0.15, 0.2) is 42.6 Å². The van der Waals surface area contributed by atoms with Gasteiger partial charge in [0.05, 0.1) is 41.8 Å². The molecule has 43 heavy (non-hydrogen) atoms. The maximum atomic E-state index is 12.0. The first-order valence-electron chi connectivity index (χ1n) is 13.9. The van der Waals surface area contributed by atoms with E-state index < -0.39 is 24.4 Å². The number of rotatable bonds is 8. The van der Waals surface area contributed by atoms with Crippen LogP contribution in [0.4, 0.5) is 4.79 Å². The van der Waals surface area contributed by atoms with Gasteiger partial charge in [0.2, 0.25) is 11.8 Å². The third-order valence-corrected chi connectivity index (χ3v) is 9.07. The molecular formula is C30H33BCl2N4O6. The number of methoxy groups -OCH3 is 1. The lowest BCUT2D eigenvalue weighted by molar-refractivity contribution is -0.119. The van der Waals surface area contributed by atoms with Crippen LogP contribution >= 0.6 is 23.2 Å². The van der Waals surface area contributed by atoms with Gasteiger partial charge < -0.3 is 29.4 Å². The molecule has 2 amide bonds. The van der Waals surface area contributed by atoms with Crippen LogP contribution in [-0.4, -0.2) is 70.0 Å². The maximum absolute atomic E-state index is 12.0. The molecule has 2 aromatic carbocycles. The fraction of sp³-hybridized carbons (Fsp3) is 0.400. The Hall–Kier alpha value is -3.38. The molecule has 0 saturated carbocycles. The van der Waals surface area contributed by atoms with Gasteiger partial charge in [0.15, 0.2) is 0 Å². The van der Waals surface area contributed by atoms with Gasteiger partial charge in [0, 0.05) is 46.2 Å². The number of ether oxygens (including phenoxy) is 1. The smallest absolute Gasteiger partial charge is 0.480 e. The largest absolute Gasteiger partial charge is 0.496 e. The quantitative estimate of drug-likeness (QED) is 0.328. The second-order valence-electron chi connectivity index (χ2n) is 11.6. The van der Waals surface area contributed by atoms with E-state index in [-0.39, 0.29) is 30.9 Å². The fourth-order valence-corrected chi connectivity index (χ4v) is 5.76. The number of nitrogens with one attached hydrogen (secondary N) is 1. The first-order valence-corrected chi connectivity index (χ1v) is 14.7. The molecule has 3 heterocycles. The van der Waals surface area contributed by atoms with Crippen molar-refractivity contribution in [3.63, 3.8) is 0 Å². The average Bonchev–Trinajstić information content (AvgIpc) is 3.46. The van der Waals surface area contributed by atoms with Gasteiger partial charge in [-0.2, -0.15) is 0 Å². The summed E-state index contributed by atoms with van der Waals surface area (Å²) >= 11 is 13.9. The van der Waals surface area contributed by atoms with Gasteiger partial charge in [-0.3, -0.25) is 9.78 Å². The van der Waals surface area contributed by atoms with E-state index in [9.17, 15) is 14.7 Å². The van der Waals surface area contributed by atoms with Crippen LogP contribution in [0, 0.1) is 0 Å². The summed E-state index contributed by atoms with van der Waals surface area (Å²) in [7, 11) is 0.802. The molecule has 2 fully saturated rings. The SMILES string of the molecule is COc1nc(-c2cccc(-c3cccc(B4OC(C)(C)C(C)(C)O4)c3Cl)c2Cl)cnc1CN(CC1CCC(=O)N1)C(=O)O. The van der Waals surface area contributed by atoms with Gasteiger partial charge in [-0.1, -0.05) is 59.6 Å². The lowest BCUT2D eigenvalue weighted by Crippen LogP contribution is -2.41. The molecule has 5 rings (SSSR count). The van der Waals surface area contributed by atoms with Crippen LogP contribution in [0.3, 0.4) is 0 Å². The van der Waals surface area contributed by atoms with Crippen molar-refractivity contribution in [2.75, 3.05) is 13.7 Å². The van der Waals surface area contributed by atoms with E-state index in [4.69, 9.17) is 37.2 Å². The Balaban J connectivity index is 1.44. The topological polar surface area (TPSA) is 123 Å². The van der Waals surface area contributed by atoms with Crippen molar-refractivity contribution >= 4 is 47.8 Å². The molecule has 10 nitrogen and oxygen atoms in total. The highest BCUT2D eigenvalue weighted by molar-refractivity contribution is 6.66. The number of carboxylic acid groups (broad SMARTS) is 1. The van der Waals surface area contributed by atoms with Crippen LogP contribution in [0.2, 0.25) is 10.0 Å². The number of amides is 2. The lowest BCUT2D eigenvalue weighted by Gasteiger charge is -2.32. The summed E-state index contributed by atoms with van der Waals surface area (Å²) in [5.74, 6) is 0.0822. The first-order chi connectivity index (χ1) is 20.3. The number of aromatic nitrogens is 2. The molecule has 2 aliphatic heterocycles. The Labute approximate surface area is 260 Å². The van der Waals surface area contributed by atoms with E-state index in [0.29, 0.717) is 56.4 Å². The average molecular weight is 627 g/mol. The summed E-state index contributed by atoms with van der Waals surface area (Å²) in [5.41, 5.74) is 2.41. The summed E-state index contributed by atoms with van der Waals surface area (Å²) in [4.78, 5) is 33.8. The Morgan fingerprint density at radius 3 is 2.33 bits per heavy atom. The van der Waals surface area contributed by atoms with Crippen molar-refractivity contribution in [3.05, 3.63) is 58.3 Å². The van der Waals surface area contributed by atoms with E-state index in [2.05, 4.69) is 15.3 Å². The van der Waals surface area contributed by atoms with E-state index >= 15 is 0 Å².